The Bertz CT molecular complexity index is 1530. The molecule has 0 aliphatic heterocycles. The molecule has 0 spiro atoms. The van der Waals surface area contributed by atoms with E-state index in [1.807, 2.05) is 30.3 Å². The van der Waals surface area contributed by atoms with E-state index in [4.69, 9.17) is 11.6 Å². The van der Waals surface area contributed by atoms with Crippen LogP contribution in [0.4, 0.5) is 11.4 Å². The van der Waals surface area contributed by atoms with Gasteiger partial charge in [0, 0.05) is 36.2 Å². The predicted octanol–water partition coefficient (Wildman–Crippen LogP) is 5.10. The Kier molecular flexibility index (Phi) is 10.8. The lowest BCUT2D eigenvalue weighted by atomic mass is 9.94. The van der Waals surface area contributed by atoms with Gasteiger partial charge in [-0.25, -0.2) is 8.42 Å². The van der Waals surface area contributed by atoms with Crippen molar-refractivity contribution in [1.29, 1.82) is 0 Å². The van der Waals surface area contributed by atoms with Crippen LogP contribution in [0.25, 0.3) is 0 Å². The normalized spacial score (nSPS) is 14.5. The van der Waals surface area contributed by atoms with Gasteiger partial charge in [-0.1, -0.05) is 79.4 Å². The highest BCUT2D eigenvalue weighted by Gasteiger charge is 2.34. The highest BCUT2D eigenvalue weighted by atomic mass is 35.5. The van der Waals surface area contributed by atoms with E-state index in [9.17, 15) is 28.1 Å². The number of non-ortho nitro benzene ring substituents is 1. The molecule has 3 aromatic rings. The summed E-state index contributed by atoms with van der Waals surface area (Å²) in [4.78, 5) is 40.3. The number of nitro benzene ring substituents is 1. The number of carbonyl (C=O) groups excluding carboxylic acids is 2. The molecule has 3 aromatic carbocycles. The molecule has 0 radical (unpaired) electrons. The number of rotatable bonds is 12. The van der Waals surface area contributed by atoms with E-state index < -0.39 is 33.4 Å². The molecule has 12 heteroatoms. The van der Waals surface area contributed by atoms with Gasteiger partial charge in [-0.2, -0.15) is 0 Å². The van der Waals surface area contributed by atoms with E-state index >= 15 is 0 Å². The molecule has 1 atom stereocenters. The van der Waals surface area contributed by atoms with Gasteiger partial charge >= 0.3 is 0 Å². The fourth-order valence-electron chi connectivity index (χ4n) is 5.26. The minimum atomic E-state index is -4.05. The number of hydrogen-bond acceptors (Lipinski definition) is 6. The van der Waals surface area contributed by atoms with Crippen molar-refractivity contribution < 1.29 is 22.9 Å². The second-order valence-electron chi connectivity index (χ2n) is 10.7. The lowest BCUT2D eigenvalue weighted by Gasteiger charge is -2.35. The van der Waals surface area contributed by atoms with Crippen molar-refractivity contribution in [1.82, 2.24) is 10.2 Å². The van der Waals surface area contributed by atoms with Crippen molar-refractivity contribution in [3.05, 3.63) is 105 Å². The number of sulfonamides is 1. The van der Waals surface area contributed by atoms with Crippen molar-refractivity contribution in [2.45, 2.75) is 57.2 Å². The largest absolute Gasteiger partial charge is 0.352 e. The van der Waals surface area contributed by atoms with Gasteiger partial charge in [0.15, 0.2) is 0 Å². The quantitative estimate of drug-likeness (QED) is 0.220. The zero-order valence-corrected chi connectivity index (χ0v) is 25.5. The van der Waals surface area contributed by atoms with E-state index in [1.54, 1.807) is 24.3 Å². The molecule has 1 N–H and O–H groups in total. The summed E-state index contributed by atoms with van der Waals surface area (Å²) in [6.45, 7) is -0.645. The zero-order valence-electron chi connectivity index (χ0n) is 23.9. The molecule has 2 amide bonds. The Hall–Kier alpha value is -3.96. The molecule has 0 aromatic heterocycles. The van der Waals surface area contributed by atoms with Gasteiger partial charge in [0.1, 0.15) is 12.6 Å². The number of nitrogens with zero attached hydrogens (tertiary/aromatic N) is 3. The number of nitrogens with one attached hydrogen (secondary N) is 1. The zero-order chi connectivity index (χ0) is 31.0. The molecular weight excluding hydrogens is 592 g/mol. The second-order valence-corrected chi connectivity index (χ2v) is 13.1. The summed E-state index contributed by atoms with van der Waals surface area (Å²) in [5.41, 5.74) is 1.19. The summed E-state index contributed by atoms with van der Waals surface area (Å²) in [6, 6.07) is 20.3. The van der Waals surface area contributed by atoms with Gasteiger partial charge in [-0.05, 0) is 42.2 Å². The van der Waals surface area contributed by atoms with E-state index in [1.165, 1.54) is 23.1 Å². The summed E-state index contributed by atoms with van der Waals surface area (Å²) in [7, 11) is -4.05. The Morgan fingerprint density at radius 3 is 2.28 bits per heavy atom. The maximum absolute atomic E-state index is 14.2. The molecule has 1 aliphatic carbocycles. The Balaban J connectivity index is 1.73. The van der Waals surface area contributed by atoms with E-state index in [0.717, 1.165) is 54.3 Å². The van der Waals surface area contributed by atoms with Crippen molar-refractivity contribution >= 4 is 44.8 Å². The minimum absolute atomic E-state index is 0.00982. The third kappa shape index (κ3) is 9.01. The molecule has 1 aliphatic rings. The first-order valence-corrected chi connectivity index (χ1v) is 16.3. The molecule has 228 valence electrons. The smallest absolute Gasteiger partial charge is 0.271 e. The Morgan fingerprint density at radius 1 is 0.977 bits per heavy atom. The van der Waals surface area contributed by atoms with Crippen LogP contribution in [0, 0.1) is 10.1 Å². The molecule has 1 saturated carbocycles. The first-order valence-electron chi connectivity index (χ1n) is 14.1. The number of anilines is 1. The van der Waals surface area contributed by atoms with Gasteiger partial charge in [0.05, 0.1) is 16.9 Å². The van der Waals surface area contributed by atoms with Crippen LogP contribution in [0.1, 0.15) is 43.2 Å². The second kappa shape index (κ2) is 14.5. The highest BCUT2D eigenvalue weighted by molar-refractivity contribution is 7.92. The van der Waals surface area contributed by atoms with Crippen molar-refractivity contribution in [2.24, 2.45) is 0 Å². The first kappa shape index (κ1) is 32.0. The molecule has 10 nitrogen and oxygen atoms in total. The number of hydrogen-bond donors (Lipinski definition) is 1. The average Bonchev–Trinajstić information content (AvgIpc) is 2.99. The molecule has 0 bridgehead atoms. The Morgan fingerprint density at radius 2 is 1.65 bits per heavy atom. The van der Waals surface area contributed by atoms with Crippen LogP contribution in [0.5, 0.6) is 0 Å². The topological polar surface area (TPSA) is 130 Å². The maximum atomic E-state index is 14.2. The fraction of sp³-hybridized carbons (Fsp3) is 0.355. The summed E-state index contributed by atoms with van der Waals surface area (Å²) in [5.74, 6) is -0.953. The third-order valence-corrected chi connectivity index (χ3v) is 8.89. The monoisotopic (exact) mass is 626 g/mol. The highest BCUT2D eigenvalue weighted by Crippen LogP contribution is 2.25. The summed E-state index contributed by atoms with van der Waals surface area (Å²) in [5, 5.41) is 15.0. The van der Waals surface area contributed by atoms with Crippen LogP contribution < -0.4 is 9.62 Å². The molecule has 1 fully saturated rings. The lowest BCUT2D eigenvalue weighted by Crippen LogP contribution is -2.55. The standard InChI is InChI=1S/C31H35ClN4O6S/c1-43(41,42)35(27-13-8-14-28(20-27)36(39)40)22-30(37)34(21-24-15-17-25(32)18-16-24)29(19-23-9-4-2-5-10-23)31(38)33-26-11-6-3-7-12-26/h2,4-5,8-10,13-18,20,26,29H,3,6-7,11-12,19,21-22H2,1H3,(H,33,38)/t29-/m0/s1. The van der Waals surface area contributed by atoms with Gasteiger partial charge in [-0.3, -0.25) is 24.0 Å². The number of nitro groups is 1. The molecule has 43 heavy (non-hydrogen) atoms. The number of benzene rings is 3. The van der Waals surface area contributed by atoms with Gasteiger partial charge in [-0.15, -0.1) is 0 Å². The molecule has 0 unspecified atom stereocenters. The van der Waals surface area contributed by atoms with E-state index in [-0.39, 0.29) is 36.3 Å². The molecule has 4 rings (SSSR count). The van der Waals surface area contributed by atoms with Crippen LogP contribution in [-0.2, 0) is 32.6 Å². The third-order valence-electron chi connectivity index (χ3n) is 7.50. The fourth-order valence-corrected chi connectivity index (χ4v) is 6.23. The Labute approximate surface area is 256 Å². The van der Waals surface area contributed by atoms with Crippen LogP contribution in [0.15, 0.2) is 78.9 Å². The van der Waals surface area contributed by atoms with Gasteiger partial charge in [0.2, 0.25) is 21.8 Å². The van der Waals surface area contributed by atoms with Crippen LogP contribution >= 0.6 is 11.6 Å². The summed E-state index contributed by atoms with van der Waals surface area (Å²) < 4.78 is 26.7. The lowest BCUT2D eigenvalue weighted by molar-refractivity contribution is -0.384. The van der Waals surface area contributed by atoms with Crippen molar-refractivity contribution in [2.75, 3.05) is 17.1 Å². The number of amides is 2. The molecular formula is C31H35ClN4O6S. The van der Waals surface area contributed by atoms with Crippen LogP contribution in [0.2, 0.25) is 5.02 Å². The maximum Gasteiger partial charge on any atom is 0.271 e. The predicted molar refractivity (Wildman–Crippen MR) is 166 cm³/mol. The van der Waals surface area contributed by atoms with Crippen LogP contribution in [-0.4, -0.2) is 54.9 Å². The summed E-state index contributed by atoms with van der Waals surface area (Å²) in [6.07, 6.45) is 5.96. The first-order chi connectivity index (χ1) is 20.5. The van der Waals surface area contributed by atoms with Crippen LogP contribution in [0.3, 0.4) is 0 Å². The number of carbonyl (C=O) groups is 2. The van der Waals surface area contributed by atoms with Gasteiger partial charge in [0.25, 0.3) is 5.69 Å². The van der Waals surface area contributed by atoms with Crippen molar-refractivity contribution in [3.63, 3.8) is 0 Å². The van der Waals surface area contributed by atoms with E-state index in [2.05, 4.69) is 5.32 Å². The van der Waals surface area contributed by atoms with Gasteiger partial charge < -0.3 is 10.2 Å². The number of halogens is 1. The molecule has 0 heterocycles. The minimum Gasteiger partial charge on any atom is -0.352 e. The molecule has 0 saturated heterocycles. The average molecular weight is 627 g/mol. The SMILES string of the molecule is CS(=O)(=O)N(CC(=O)N(Cc1ccc(Cl)cc1)[C@@H](Cc1ccccc1)C(=O)NC1CCCCC1)c1cccc([N+](=O)[O-])c1. The summed E-state index contributed by atoms with van der Waals surface area (Å²) >= 11 is 6.10. The van der Waals surface area contributed by atoms with E-state index in [0.29, 0.717) is 10.6 Å². The van der Waals surface area contributed by atoms with Crippen molar-refractivity contribution in [3.8, 4) is 0 Å².